The fourth-order valence-electron chi connectivity index (χ4n) is 3.00. The van der Waals surface area contributed by atoms with Crippen LogP contribution >= 0.6 is 0 Å². The quantitative estimate of drug-likeness (QED) is 0.464. The first-order valence-corrected chi connectivity index (χ1v) is 11.5. The smallest absolute Gasteiger partial charge is 0.308 e. The molecule has 0 heterocycles. The molecule has 0 unspecified atom stereocenters. The lowest BCUT2D eigenvalue weighted by atomic mass is 10.1. The average molecular weight is 442 g/mol. The van der Waals surface area contributed by atoms with Crippen molar-refractivity contribution in [3.63, 3.8) is 0 Å². The largest absolute Gasteiger partial charge is 0.382 e. The Balaban J connectivity index is 1.76. The number of nitrogens with zero attached hydrogens (tertiary/aromatic N) is 1. The minimum Gasteiger partial charge on any atom is -0.382 e. The molecule has 7 heteroatoms. The summed E-state index contributed by atoms with van der Waals surface area (Å²) in [5.74, 6) is -0.284. The summed E-state index contributed by atoms with van der Waals surface area (Å²) in [5.41, 5.74) is 2.55. The van der Waals surface area contributed by atoms with Crippen LogP contribution in [0.3, 0.4) is 0 Å². The number of halogens is 1. The first kappa shape index (κ1) is 22.5. The van der Waals surface area contributed by atoms with Crippen molar-refractivity contribution in [3.8, 4) is 5.75 Å². The first-order chi connectivity index (χ1) is 14.8. The van der Waals surface area contributed by atoms with Crippen molar-refractivity contribution in [2.75, 3.05) is 5.75 Å². The highest BCUT2D eigenvalue weighted by Crippen LogP contribution is 2.18. The SMILES string of the molecule is CCS(=O)(=O)Oc1ccc(CN(Cc2ccc(F)cc2)C(=O)Cc2ccccc2)cc1. The number of hydrogen-bond acceptors (Lipinski definition) is 4. The minimum atomic E-state index is -3.60. The zero-order chi connectivity index (χ0) is 22.3. The summed E-state index contributed by atoms with van der Waals surface area (Å²) in [7, 11) is -3.60. The fourth-order valence-corrected chi connectivity index (χ4v) is 3.52. The van der Waals surface area contributed by atoms with E-state index >= 15 is 0 Å². The molecule has 162 valence electrons. The van der Waals surface area contributed by atoms with Crippen LogP contribution in [0.2, 0.25) is 0 Å². The topological polar surface area (TPSA) is 63.7 Å². The lowest BCUT2D eigenvalue weighted by molar-refractivity contribution is -0.131. The molecule has 0 spiro atoms. The van der Waals surface area contributed by atoms with Crippen LogP contribution in [0.15, 0.2) is 78.9 Å². The van der Waals surface area contributed by atoms with E-state index in [1.807, 2.05) is 30.3 Å². The standard InChI is InChI=1S/C24H24FNO4S/c1-2-31(28,29)30-23-14-10-21(11-15-23)18-26(17-20-8-12-22(25)13-9-20)24(27)16-19-6-4-3-5-7-19/h3-15H,2,16-18H2,1H3. The van der Waals surface area contributed by atoms with Crippen LogP contribution < -0.4 is 4.18 Å². The second-order valence-corrected chi connectivity index (χ2v) is 8.97. The summed E-state index contributed by atoms with van der Waals surface area (Å²) in [6.45, 7) is 2.16. The molecule has 3 aromatic carbocycles. The third kappa shape index (κ3) is 6.93. The molecule has 0 fully saturated rings. The summed E-state index contributed by atoms with van der Waals surface area (Å²) < 4.78 is 41.5. The van der Waals surface area contributed by atoms with Crippen LogP contribution in [0, 0.1) is 5.82 Å². The maximum absolute atomic E-state index is 13.3. The van der Waals surface area contributed by atoms with Crippen molar-refractivity contribution in [2.45, 2.75) is 26.4 Å². The molecule has 3 rings (SSSR count). The molecule has 0 bridgehead atoms. The van der Waals surface area contributed by atoms with E-state index in [1.165, 1.54) is 19.1 Å². The maximum Gasteiger partial charge on any atom is 0.308 e. The number of hydrogen-bond donors (Lipinski definition) is 0. The van der Waals surface area contributed by atoms with Gasteiger partial charge < -0.3 is 9.08 Å². The van der Waals surface area contributed by atoms with E-state index in [4.69, 9.17) is 4.18 Å². The second-order valence-electron chi connectivity index (χ2n) is 7.11. The first-order valence-electron chi connectivity index (χ1n) is 9.92. The van der Waals surface area contributed by atoms with Crippen LogP contribution in [-0.2, 0) is 34.4 Å². The van der Waals surface area contributed by atoms with Gasteiger partial charge in [-0.15, -0.1) is 0 Å². The molecule has 0 saturated heterocycles. The van der Waals surface area contributed by atoms with Crippen LogP contribution in [0.25, 0.3) is 0 Å². The fraction of sp³-hybridized carbons (Fsp3) is 0.208. The van der Waals surface area contributed by atoms with Gasteiger partial charge in [0.1, 0.15) is 11.6 Å². The Kier molecular flexibility index (Phi) is 7.41. The Labute approximate surface area is 182 Å². The Morgan fingerprint density at radius 3 is 1.94 bits per heavy atom. The molecule has 0 atom stereocenters. The molecule has 0 radical (unpaired) electrons. The molecule has 31 heavy (non-hydrogen) atoms. The highest BCUT2D eigenvalue weighted by molar-refractivity contribution is 7.87. The third-order valence-electron chi connectivity index (χ3n) is 4.71. The van der Waals surface area contributed by atoms with Crippen LogP contribution in [0.5, 0.6) is 5.75 Å². The zero-order valence-electron chi connectivity index (χ0n) is 17.2. The van der Waals surface area contributed by atoms with Gasteiger partial charge in [0, 0.05) is 13.1 Å². The molecule has 0 aliphatic rings. The van der Waals surface area contributed by atoms with Crippen molar-refractivity contribution >= 4 is 16.0 Å². The number of carbonyl (C=O) groups is 1. The van der Waals surface area contributed by atoms with Gasteiger partial charge >= 0.3 is 10.1 Å². The van der Waals surface area contributed by atoms with Gasteiger partial charge in [-0.1, -0.05) is 54.6 Å². The van der Waals surface area contributed by atoms with Crippen LogP contribution in [0.1, 0.15) is 23.6 Å². The summed E-state index contributed by atoms with van der Waals surface area (Å²) >= 11 is 0. The second kappa shape index (κ2) is 10.2. The van der Waals surface area contributed by atoms with Gasteiger partial charge in [0.05, 0.1) is 12.2 Å². The van der Waals surface area contributed by atoms with Gasteiger partial charge in [0.25, 0.3) is 0 Å². The summed E-state index contributed by atoms with van der Waals surface area (Å²) in [6, 6.07) is 22.1. The van der Waals surface area contributed by atoms with Crippen molar-refractivity contribution in [2.24, 2.45) is 0 Å². The summed E-state index contributed by atoms with van der Waals surface area (Å²) in [6.07, 6.45) is 0.248. The van der Waals surface area contributed by atoms with Crippen LogP contribution in [0.4, 0.5) is 4.39 Å². The normalized spacial score (nSPS) is 11.2. The number of benzene rings is 3. The van der Waals surface area contributed by atoms with E-state index in [2.05, 4.69) is 0 Å². The van der Waals surface area contributed by atoms with E-state index in [1.54, 1.807) is 41.3 Å². The molecule has 3 aromatic rings. The molecule has 5 nitrogen and oxygen atoms in total. The Morgan fingerprint density at radius 2 is 1.39 bits per heavy atom. The Bertz CT molecular complexity index is 1100. The molecule has 1 amide bonds. The Hall–Kier alpha value is -3.19. The zero-order valence-corrected chi connectivity index (χ0v) is 18.0. The Morgan fingerprint density at radius 1 is 0.839 bits per heavy atom. The monoisotopic (exact) mass is 441 g/mol. The molecule has 0 aliphatic carbocycles. The van der Waals surface area contributed by atoms with E-state index in [-0.39, 0.29) is 29.6 Å². The van der Waals surface area contributed by atoms with Crippen molar-refractivity contribution < 1.29 is 21.8 Å². The van der Waals surface area contributed by atoms with E-state index in [9.17, 15) is 17.6 Å². The van der Waals surface area contributed by atoms with Gasteiger partial charge in [0.15, 0.2) is 0 Å². The lowest BCUT2D eigenvalue weighted by Gasteiger charge is -2.23. The van der Waals surface area contributed by atoms with Crippen molar-refractivity contribution in [1.82, 2.24) is 4.90 Å². The van der Waals surface area contributed by atoms with Gasteiger partial charge in [-0.25, -0.2) is 4.39 Å². The molecule has 0 aliphatic heterocycles. The van der Waals surface area contributed by atoms with E-state index in [0.717, 1.165) is 16.7 Å². The molecular weight excluding hydrogens is 417 g/mol. The van der Waals surface area contributed by atoms with Gasteiger partial charge in [-0.3, -0.25) is 4.79 Å². The van der Waals surface area contributed by atoms with Gasteiger partial charge in [0.2, 0.25) is 5.91 Å². The predicted molar refractivity (Wildman–Crippen MR) is 117 cm³/mol. The number of rotatable bonds is 9. The maximum atomic E-state index is 13.3. The molecular formula is C24H24FNO4S. The molecule has 0 aromatic heterocycles. The summed E-state index contributed by atoms with van der Waals surface area (Å²) in [5, 5.41) is 0. The molecule has 0 N–H and O–H groups in total. The van der Waals surface area contributed by atoms with E-state index in [0.29, 0.717) is 13.1 Å². The van der Waals surface area contributed by atoms with Crippen molar-refractivity contribution in [1.29, 1.82) is 0 Å². The van der Waals surface area contributed by atoms with Crippen molar-refractivity contribution in [3.05, 3.63) is 101 Å². The molecule has 0 saturated carbocycles. The van der Waals surface area contributed by atoms with Crippen LogP contribution in [-0.4, -0.2) is 25.0 Å². The lowest BCUT2D eigenvalue weighted by Crippen LogP contribution is -2.31. The predicted octanol–water partition coefficient (Wildman–Crippen LogP) is 4.33. The third-order valence-corrected chi connectivity index (χ3v) is 5.86. The number of carbonyl (C=O) groups excluding carboxylic acids is 1. The average Bonchev–Trinajstić information content (AvgIpc) is 2.76. The number of amides is 1. The van der Waals surface area contributed by atoms with Gasteiger partial charge in [-0.05, 0) is 47.9 Å². The van der Waals surface area contributed by atoms with Gasteiger partial charge in [-0.2, -0.15) is 8.42 Å². The van der Waals surface area contributed by atoms with E-state index < -0.39 is 10.1 Å². The highest BCUT2D eigenvalue weighted by Gasteiger charge is 2.16. The minimum absolute atomic E-state index is 0.0654. The summed E-state index contributed by atoms with van der Waals surface area (Å²) in [4.78, 5) is 14.7. The highest BCUT2D eigenvalue weighted by atomic mass is 32.2.